The van der Waals surface area contributed by atoms with Crippen molar-refractivity contribution in [1.82, 2.24) is 5.32 Å². The van der Waals surface area contributed by atoms with Crippen molar-refractivity contribution >= 4 is 0 Å². The summed E-state index contributed by atoms with van der Waals surface area (Å²) >= 11 is 0. The molecule has 2 rings (SSSR count). The summed E-state index contributed by atoms with van der Waals surface area (Å²) in [4.78, 5) is 0. The highest BCUT2D eigenvalue weighted by Crippen LogP contribution is 2.25. The summed E-state index contributed by atoms with van der Waals surface area (Å²) in [6, 6.07) is 9.82. The van der Waals surface area contributed by atoms with Crippen LogP contribution in [-0.2, 0) is 6.54 Å². The number of benzene rings is 1. The van der Waals surface area contributed by atoms with Crippen LogP contribution >= 0.6 is 0 Å². The predicted molar refractivity (Wildman–Crippen MR) is 73.5 cm³/mol. The van der Waals surface area contributed by atoms with Crippen LogP contribution in [0.1, 0.15) is 24.3 Å². The lowest BCUT2D eigenvalue weighted by atomic mass is 10.1. The molecule has 0 aliphatic heterocycles. The molecule has 2 aromatic rings. The zero-order valence-corrected chi connectivity index (χ0v) is 11.5. The molecule has 4 nitrogen and oxygen atoms in total. The lowest BCUT2D eigenvalue weighted by Crippen LogP contribution is -2.18. The van der Waals surface area contributed by atoms with E-state index in [9.17, 15) is 0 Å². The van der Waals surface area contributed by atoms with Crippen LogP contribution in [-0.4, -0.2) is 14.2 Å². The quantitative estimate of drug-likeness (QED) is 0.867. The molecule has 0 fully saturated rings. The molecule has 0 aliphatic carbocycles. The molecule has 4 heteroatoms. The van der Waals surface area contributed by atoms with E-state index in [1.54, 1.807) is 20.5 Å². The van der Waals surface area contributed by atoms with Crippen LogP contribution in [0, 0.1) is 0 Å². The molecule has 1 heterocycles. The molecule has 0 radical (unpaired) electrons. The molecule has 0 spiro atoms. The summed E-state index contributed by atoms with van der Waals surface area (Å²) < 4.78 is 15.9. The molecule has 1 N–H and O–H groups in total. The topological polar surface area (TPSA) is 43.6 Å². The van der Waals surface area contributed by atoms with Crippen molar-refractivity contribution in [2.45, 2.75) is 19.5 Å². The predicted octanol–water partition coefficient (Wildman–Crippen LogP) is 3.15. The lowest BCUT2D eigenvalue weighted by Gasteiger charge is -2.14. The van der Waals surface area contributed by atoms with Crippen molar-refractivity contribution in [3.8, 4) is 11.5 Å². The van der Waals surface area contributed by atoms with Gasteiger partial charge in [-0.3, -0.25) is 0 Å². The van der Waals surface area contributed by atoms with Gasteiger partial charge >= 0.3 is 0 Å². The molecule has 19 heavy (non-hydrogen) atoms. The zero-order chi connectivity index (χ0) is 13.7. The highest BCUT2D eigenvalue weighted by molar-refractivity contribution is 5.40. The van der Waals surface area contributed by atoms with Gasteiger partial charge in [0.05, 0.1) is 26.5 Å². The maximum atomic E-state index is 5.37. The normalized spacial score (nSPS) is 12.2. The second kappa shape index (κ2) is 6.29. The Morgan fingerprint density at radius 1 is 1.21 bits per heavy atom. The van der Waals surface area contributed by atoms with E-state index in [1.807, 2.05) is 30.3 Å². The third-order valence-electron chi connectivity index (χ3n) is 3.06. The smallest absolute Gasteiger partial charge is 0.127 e. The van der Waals surface area contributed by atoms with Crippen molar-refractivity contribution < 1.29 is 13.9 Å². The number of hydrogen-bond acceptors (Lipinski definition) is 4. The molecule has 1 aromatic carbocycles. The van der Waals surface area contributed by atoms with E-state index in [2.05, 4.69) is 12.2 Å². The van der Waals surface area contributed by atoms with E-state index in [4.69, 9.17) is 13.9 Å². The van der Waals surface area contributed by atoms with Crippen molar-refractivity contribution in [2.24, 2.45) is 0 Å². The van der Waals surface area contributed by atoms with Crippen LogP contribution in [0.3, 0.4) is 0 Å². The van der Waals surface area contributed by atoms with Crippen LogP contribution < -0.4 is 14.8 Å². The Hall–Kier alpha value is -1.94. The van der Waals surface area contributed by atoms with E-state index in [-0.39, 0.29) is 6.04 Å². The third-order valence-corrected chi connectivity index (χ3v) is 3.06. The van der Waals surface area contributed by atoms with Crippen molar-refractivity contribution in [2.75, 3.05) is 14.2 Å². The van der Waals surface area contributed by atoms with Crippen LogP contribution in [0.2, 0.25) is 0 Å². The molecule has 1 aromatic heterocycles. The van der Waals surface area contributed by atoms with Gasteiger partial charge in [-0.1, -0.05) is 6.07 Å². The molecule has 1 unspecified atom stereocenters. The second-order valence-corrected chi connectivity index (χ2v) is 4.30. The standard InChI is InChI=1S/C15H19NO3/c1-11(14-5-4-8-19-14)16-10-12-6-7-13(17-2)9-15(12)18-3/h4-9,11,16H,10H2,1-3H3. The highest BCUT2D eigenvalue weighted by Gasteiger charge is 2.10. The van der Waals surface area contributed by atoms with Gasteiger partial charge in [0.1, 0.15) is 17.3 Å². The molecule has 1 atom stereocenters. The van der Waals surface area contributed by atoms with E-state index >= 15 is 0 Å². The van der Waals surface area contributed by atoms with Gasteiger partial charge in [-0.25, -0.2) is 0 Å². The number of furan rings is 1. The van der Waals surface area contributed by atoms with Crippen LogP contribution in [0.5, 0.6) is 11.5 Å². The van der Waals surface area contributed by atoms with Crippen molar-refractivity contribution in [3.05, 3.63) is 47.9 Å². The Bertz CT molecular complexity index is 508. The van der Waals surface area contributed by atoms with E-state index in [1.165, 1.54) is 0 Å². The first kappa shape index (κ1) is 13.5. The van der Waals surface area contributed by atoms with Crippen molar-refractivity contribution in [1.29, 1.82) is 0 Å². The van der Waals surface area contributed by atoms with Gasteiger partial charge in [-0.05, 0) is 25.1 Å². The van der Waals surface area contributed by atoms with Crippen LogP contribution in [0.15, 0.2) is 41.0 Å². The van der Waals surface area contributed by atoms with Crippen molar-refractivity contribution in [3.63, 3.8) is 0 Å². The van der Waals surface area contributed by atoms with E-state index < -0.39 is 0 Å². The van der Waals surface area contributed by atoms with Gasteiger partial charge in [0.25, 0.3) is 0 Å². The van der Waals surface area contributed by atoms with E-state index in [0.717, 1.165) is 22.8 Å². The Kier molecular flexibility index (Phi) is 4.47. The minimum absolute atomic E-state index is 0.154. The average molecular weight is 261 g/mol. The summed E-state index contributed by atoms with van der Waals surface area (Å²) in [5.74, 6) is 2.53. The fourth-order valence-corrected chi connectivity index (χ4v) is 1.90. The minimum atomic E-state index is 0.154. The minimum Gasteiger partial charge on any atom is -0.497 e. The maximum absolute atomic E-state index is 5.37. The SMILES string of the molecule is COc1ccc(CNC(C)c2ccco2)c(OC)c1. The fraction of sp³-hybridized carbons (Fsp3) is 0.333. The number of hydrogen-bond donors (Lipinski definition) is 1. The summed E-state index contributed by atoms with van der Waals surface area (Å²) in [5, 5.41) is 3.40. The van der Waals surface area contributed by atoms with Gasteiger partial charge < -0.3 is 19.2 Å². The first-order valence-corrected chi connectivity index (χ1v) is 6.22. The Morgan fingerprint density at radius 3 is 2.68 bits per heavy atom. The summed E-state index contributed by atoms with van der Waals surface area (Å²) in [7, 11) is 3.31. The number of rotatable bonds is 6. The average Bonchev–Trinajstić information content (AvgIpc) is 2.98. The number of nitrogens with one attached hydrogen (secondary N) is 1. The largest absolute Gasteiger partial charge is 0.497 e. The third kappa shape index (κ3) is 3.29. The summed E-state index contributed by atoms with van der Waals surface area (Å²) in [5.41, 5.74) is 1.08. The highest BCUT2D eigenvalue weighted by atomic mass is 16.5. The molecule has 0 aliphatic rings. The number of ether oxygens (including phenoxy) is 2. The monoisotopic (exact) mass is 261 g/mol. The molecule has 0 saturated carbocycles. The van der Waals surface area contributed by atoms with Gasteiger partial charge in [-0.2, -0.15) is 0 Å². The Morgan fingerprint density at radius 2 is 2.05 bits per heavy atom. The molecule has 0 amide bonds. The van der Waals surface area contributed by atoms with E-state index in [0.29, 0.717) is 6.54 Å². The van der Waals surface area contributed by atoms with Crippen LogP contribution in [0.4, 0.5) is 0 Å². The first-order chi connectivity index (χ1) is 9.24. The zero-order valence-electron chi connectivity index (χ0n) is 11.5. The van der Waals surface area contributed by atoms with Gasteiger partial charge in [0.2, 0.25) is 0 Å². The molecule has 0 saturated heterocycles. The maximum Gasteiger partial charge on any atom is 0.127 e. The van der Waals surface area contributed by atoms with Crippen LogP contribution in [0.25, 0.3) is 0 Å². The fourth-order valence-electron chi connectivity index (χ4n) is 1.90. The Labute approximate surface area is 113 Å². The van der Waals surface area contributed by atoms with Gasteiger partial charge in [0, 0.05) is 18.2 Å². The molecular formula is C15H19NO3. The van der Waals surface area contributed by atoms with Gasteiger partial charge in [0.15, 0.2) is 0 Å². The lowest BCUT2D eigenvalue weighted by molar-refractivity contribution is 0.385. The Balaban J connectivity index is 2.03. The summed E-state index contributed by atoms with van der Waals surface area (Å²) in [6.07, 6.45) is 1.68. The number of methoxy groups -OCH3 is 2. The molecule has 0 bridgehead atoms. The summed E-state index contributed by atoms with van der Waals surface area (Å²) in [6.45, 7) is 2.77. The van der Waals surface area contributed by atoms with Gasteiger partial charge in [-0.15, -0.1) is 0 Å². The second-order valence-electron chi connectivity index (χ2n) is 4.30. The molecule has 102 valence electrons. The molecular weight excluding hydrogens is 242 g/mol. The first-order valence-electron chi connectivity index (χ1n) is 6.22.